The number of phenolic OH excluding ortho intramolecular Hbond substituents is 1. The van der Waals surface area contributed by atoms with Crippen LogP contribution in [0.5, 0.6) is 5.75 Å². The number of rotatable bonds is 4. The monoisotopic (exact) mass is 281 g/mol. The number of aromatic hydroxyl groups is 1. The van der Waals surface area contributed by atoms with E-state index >= 15 is 0 Å². The molecule has 2 rings (SSSR count). The largest absolute Gasteiger partial charge is 0.508 e. The van der Waals surface area contributed by atoms with E-state index in [1.165, 1.54) is 35.6 Å². The summed E-state index contributed by atoms with van der Waals surface area (Å²) < 4.78 is 27.4. The van der Waals surface area contributed by atoms with Crippen LogP contribution in [0.1, 0.15) is 5.56 Å². The van der Waals surface area contributed by atoms with Gasteiger partial charge in [0.15, 0.2) is 0 Å². The zero-order valence-corrected chi connectivity index (χ0v) is 11.5. The molecule has 1 aromatic heterocycles. The Kier molecular flexibility index (Phi) is 3.59. The second-order valence-electron chi connectivity index (χ2n) is 4.28. The molecule has 102 valence electrons. The minimum absolute atomic E-state index is 0.0684. The maximum absolute atomic E-state index is 12.3. The Morgan fingerprint density at radius 2 is 2.16 bits per heavy atom. The van der Waals surface area contributed by atoms with E-state index in [2.05, 4.69) is 5.10 Å². The van der Waals surface area contributed by atoms with E-state index in [0.717, 1.165) is 5.56 Å². The zero-order chi connectivity index (χ0) is 14.0. The van der Waals surface area contributed by atoms with Crippen LogP contribution in [0.4, 0.5) is 0 Å². The lowest BCUT2D eigenvalue weighted by atomic mass is 10.3. The standard InChI is InChI=1S/C12H15N3O3S/c1-14-8-10(7-13-14)9-15(2)19(17,18)12-5-3-4-11(16)6-12/h3-8,16H,9H2,1-2H3. The summed E-state index contributed by atoms with van der Waals surface area (Å²) in [6.07, 6.45) is 3.38. The Morgan fingerprint density at radius 1 is 1.42 bits per heavy atom. The molecule has 2 aromatic rings. The fourth-order valence-electron chi connectivity index (χ4n) is 1.72. The first kappa shape index (κ1) is 13.6. The van der Waals surface area contributed by atoms with Gasteiger partial charge in [0.05, 0.1) is 11.1 Å². The second-order valence-corrected chi connectivity index (χ2v) is 6.33. The van der Waals surface area contributed by atoms with Crippen molar-refractivity contribution in [1.29, 1.82) is 0 Å². The van der Waals surface area contributed by atoms with E-state index in [1.807, 2.05) is 0 Å². The van der Waals surface area contributed by atoms with E-state index in [9.17, 15) is 13.5 Å². The Bertz CT molecular complexity index is 679. The third-order valence-electron chi connectivity index (χ3n) is 2.69. The second kappa shape index (κ2) is 5.02. The van der Waals surface area contributed by atoms with Crippen LogP contribution in [0.25, 0.3) is 0 Å². The van der Waals surface area contributed by atoms with E-state index in [0.29, 0.717) is 0 Å². The molecule has 0 saturated heterocycles. The van der Waals surface area contributed by atoms with Gasteiger partial charge in [-0.15, -0.1) is 0 Å². The first-order valence-corrected chi connectivity index (χ1v) is 7.06. The van der Waals surface area contributed by atoms with Gasteiger partial charge in [0.2, 0.25) is 10.0 Å². The lowest BCUT2D eigenvalue weighted by molar-refractivity contribution is 0.460. The summed E-state index contributed by atoms with van der Waals surface area (Å²) in [6.45, 7) is 0.228. The molecule has 6 nitrogen and oxygen atoms in total. The maximum Gasteiger partial charge on any atom is 0.243 e. The number of aromatic nitrogens is 2. The van der Waals surface area contributed by atoms with Gasteiger partial charge in [-0.05, 0) is 18.2 Å². The van der Waals surface area contributed by atoms with E-state index < -0.39 is 10.0 Å². The van der Waals surface area contributed by atoms with Crippen molar-refractivity contribution in [2.45, 2.75) is 11.4 Å². The van der Waals surface area contributed by atoms with E-state index in [-0.39, 0.29) is 17.2 Å². The van der Waals surface area contributed by atoms with Crippen LogP contribution >= 0.6 is 0 Å². The molecule has 0 aliphatic carbocycles. The molecule has 0 spiro atoms. The summed E-state index contributed by atoms with van der Waals surface area (Å²) in [5, 5.41) is 13.3. The molecule has 0 saturated carbocycles. The SMILES string of the molecule is CN(Cc1cnn(C)c1)S(=O)(=O)c1cccc(O)c1. The number of hydrogen-bond acceptors (Lipinski definition) is 4. The van der Waals surface area contributed by atoms with Crippen molar-refractivity contribution in [2.24, 2.45) is 7.05 Å². The lowest BCUT2D eigenvalue weighted by Gasteiger charge is -2.16. The minimum Gasteiger partial charge on any atom is -0.508 e. The van der Waals surface area contributed by atoms with Gasteiger partial charge in [0, 0.05) is 32.4 Å². The van der Waals surface area contributed by atoms with Crippen LogP contribution < -0.4 is 0 Å². The molecule has 0 fully saturated rings. The highest BCUT2D eigenvalue weighted by Gasteiger charge is 2.21. The molecular formula is C12H15N3O3S. The number of benzene rings is 1. The highest BCUT2D eigenvalue weighted by molar-refractivity contribution is 7.89. The summed E-state index contributed by atoms with van der Waals surface area (Å²) in [5.74, 6) is -0.0733. The Balaban J connectivity index is 2.24. The van der Waals surface area contributed by atoms with E-state index in [1.54, 1.807) is 24.1 Å². The van der Waals surface area contributed by atoms with Crippen LogP contribution in [-0.4, -0.2) is 34.7 Å². The number of aryl methyl sites for hydroxylation is 1. The Labute approximate surface area is 112 Å². The number of sulfonamides is 1. The molecule has 1 aromatic carbocycles. The number of nitrogens with zero attached hydrogens (tertiary/aromatic N) is 3. The highest BCUT2D eigenvalue weighted by Crippen LogP contribution is 2.20. The first-order chi connectivity index (χ1) is 8.89. The van der Waals surface area contributed by atoms with Gasteiger partial charge in [-0.3, -0.25) is 4.68 Å². The third-order valence-corrected chi connectivity index (χ3v) is 4.49. The minimum atomic E-state index is -3.61. The summed E-state index contributed by atoms with van der Waals surface area (Å²) in [7, 11) is -0.351. The van der Waals surface area contributed by atoms with Crippen molar-refractivity contribution < 1.29 is 13.5 Å². The predicted octanol–water partition coefficient (Wildman–Crippen LogP) is 0.946. The molecule has 7 heteroatoms. The first-order valence-electron chi connectivity index (χ1n) is 5.62. The predicted molar refractivity (Wildman–Crippen MR) is 70.0 cm³/mol. The van der Waals surface area contributed by atoms with Gasteiger partial charge < -0.3 is 5.11 Å². The molecule has 19 heavy (non-hydrogen) atoms. The number of hydrogen-bond donors (Lipinski definition) is 1. The smallest absolute Gasteiger partial charge is 0.243 e. The van der Waals surface area contributed by atoms with Gasteiger partial charge in [-0.1, -0.05) is 6.07 Å². The summed E-state index contributed by atoms with van der Waals surface area (Å²) in [6, 6.07) is 5.62. The van der Waals surface area contributed by atoms with Gasteiger partial charge in [-0.2, -0.15) is 9.40 Å². The van der Waals surface area contributed by atoms with Crippen molar-refractivity contribution in [1.82, 2.24) is 14.1 Å². The van der Waals surface area contributed by atoms with Gasteiger partial charge in [0.1, 0.15) is 5.75 Å². The third kappa shape index (κ3) is 2.94. The summed E-state index contributed by atoms with van der Waals surface area (Å²) >= 11 is 0. The van der Waals surface area contributed by atoms with Crippen molar-refractivity contribution in [2.75, 3.05) is 7.05 Å². The van der Waals surface area contributed by atoms with Crippen LogP contribution in [0.2, 0.25) is 0 Å². The van der Waals surface area contributed by atoms with Crippen LogP contribution in [0.15, 0.2) is 41.6 Å². The molecular weight excluding hydrogens is 266 g/mol. The molecule has 0 radical (unpaired) electrons. The van der Waals surface area contributed by atoms with Crippen LogP contribution in [0.3, 0.4) is 0 Å². The molecule has 0 amide bonds. The van der Waals surface area contributed by atoms with Gasteiger partial charge >= 0.3 is 0 Å². The molecule has 0 atom stereocenters. The van der Waals surface area contributed by atoms with Crippen LogP contribution in [-0.2, 0) is 23.6 Å². The van der Waals surface area contributed by atoms with Crippen molar-refractivity contribution in [3.05, 3.63) is 42.2 Å². The van der Waals surface area contributed by atoms with Crippen molar-refractivity contribution >= 4 is 10.0 Å². The molecule has 0 aliphatic rings. The zero-order valence-electron chi connectivity index (χ0n) is 10.7. The average molecular weight is 281 g/mol. The highest BCUT2D eigenvalue weighted by atomic mass is 32.2. The van der Waals surface area contributed by atoms with Crippen LogP contribution in [0, 0.1) is 0 Å². The fraction of sp³-hybridized carbons (Fsp3) is 0.250. The summed E-state index contributed by atoms with van der Waals surface area (Å²) in [5.41, 5.74) is 0.800. The normalized spacial score (nSPS) is 11.9. The molecule has 0 bridgehead atoms. The van der Waals surface area contributed by atoms with Gasteiger partial charge in [0.25, 0.3) is 0 Å². The fourth-order valence-corrected chi connectivity index (χ4v) is 2.92. The molecule has 0 unspecified atom stereocenters. The maximum atomic E-state index is 12.3. The molecule has 1 heterocycles. The topological polar surface area (TPSA) is 75.4 Å². The number of phenols is 1. The van der Waals surface area contributed by atoms with Gasteiger partial charge in [-0.25, -0.2) is 8.42 Å². The van der Waals surface area contributed by atoms with E-state index in [4.69, 9.17) is 0 Å². The quantitative estimate of drug-likeness (QED) is 0.905. The summed E-state index contributed by atoms with van der Waals surface area (Å²) in [4.78, 5) is 0.0684. The van der Waals surface area contributed by atoms with Crippen molar-refractivity contribution in [3.8, 4) is 5.75 Å². The average Bonchev–Trinajstić information content (AvgIpc) is 2.74. The molecule has 0 aliphatic heterocycles. The Morgan fingerprint density at radius 3 is 2.74 bits per heavy atom. The lowest BCUT2D eigenvalue weighted by Crippen LogP contribution is -2.26. The van der Waals surface area contributed by atoms with Crippen molar-refractivity contribution in [3.63, 3.8) is 0 Å². The Hall–Kier alpha value is -1.86. The molecule has 1 N–H and O–H groups in total.